The molecule has 0 spiro atoms. The zero-order chi connectivity index (χ0) is 15.8. The summed E-state index contributed by atoms with van der Waals surface area (Å²) in [6.07, 6.45) is 5.03. The SMILES string of the molecule is N#Cc1ccc([C@H]2C[C@@H]2C(=O)N2CCN(C3CCC3)CC2)cc1. The van der Waals surface area contributed by atoms with Gasteiger partial charge in [0.15, 0.2) is 0 Å². The standard InChI is InChI=1S/C19H23N3O/c20-13-14-4-6-15(7-5-14)17-12-18(17)19(23)22-10-8-21(9-11-22)16-2-1-3-16/h4-7,16-18H,1-3,8-12H2/t17-,18+/m1/s1. The Kier molecular flexibility index (Phi) is 3.82. The van der Waals surface area contributed by atoms with Crippen molar-refractivity contribution in [2.45, 2.75) is 37.6 Å². The molecular formula is C19H23N3O. The topological polar surface area (TPSA) is 47.3 Å². The van der Waals surface area contributed by atoms with Crippen LogP contribution in [0.5, 0.6) is 0 Å². The number of nitriles is 1. The van der Waals surface area contributed by atoms with E-state index in [1.54, 1.807) is 0 Å². The molecule has 120 valence electrons. The van der Waals surface area contributed by atoms with Crippen LogP contribution in [-0.2, 0) is 4.79 Å². The molecular weight excluding hydrogens is 286 g/mol. The predicted molar refractivity (Wildman–Crippen MR) is 87.8 cm³/mol. The number of amides is 1. The number of benzene rings is 1. The fourth-order valence-corrected chi connectivity index (χ4v) is 3.93. The molecule has 1 heterocycles. The maximum Gasteiger partial charge on any atom is 0.226 e. The first-order chi connectivity index (χ1) is 11.3. The maximum absolute atomic E-state index is 12.7. The van der Waals surface area contributed by atoms with E-state index >= 15 is 0 Å². The van der Waals surface area contributed by atoms with E-state index < -0.39 is 0 Å². The van der Waals surface area contributed by atoms with Crippen LogP contribution in [0.2, 0.25) is 0 Å². The van der Waals surface area contributed by atoms with Gasteiger partial charge in [-0.2, -0.15) is 5.26 Å². The van der Waals surface area contributed by atoms with Crippen molar-refractivity contribution in [1.82, 2.24) is 9.80 Å². The molecule has 0 bridgehead atoms. The van der Waals surface area contributed by atoms with Crippen LogP contribution in [0.15, 0.2) is 24.3 Å². The van der Waals surface area contributed by atoms with Crippen molar-refractivity contribution >= 4 is 5.91 Å². The molecule has 1 amide bonds. The lowest BCUT2D eigenvalue weighted by Crippen LogP contribution is -2.53. The number of carbonyl (C=O) groups is 1. The van der Waals surface area contributed by atoms with Gasteiger partial charge in [0, 0.05) is 38.1 Å². The fourth-order valence-electron chi connectivity index (χ4n) is 3.93. The minimum atomic E-state index is 0.165. The van der Waals surface area contributed by atoms with E-state index in [4.69, 9.17) is 5.26 Å². The highest BCUT2D eigenvalue weighted by Crippen LogP contribution is 2.48. The van der Waals surface area contributed by atoms with Gasteiger partial charge in [0.1, 0.15) is 0 Å². The third-order valence-corrected chi connectivity index (χ3v) is 5.79. The summed E-state index contributed by atoms with van der Waals surface area (Å²) in [5, 5.41) is 8.86. The first kappa shape index (κ1) is 14.7. The second-order valence-corrected chi connectivity index (χ2v) is 7.13. The quantitative estimate of drug-likeness (QED) is 0.861. The van der Waals surface area contributed by atoms with E-state index in [1.807, 2.05) is 24.3 Å². The number of hydrogen-bond acceptors (Lipinski definition) is 3. The summed E-state index contributed by atoms with van der Waals surface area (Å²) in [4.78, 5) is 17.3. The molecule has 2 saturated carbocycles. The third kappa shape index (κ3) is 2.86. The normalized spacial score (nSPS) is 28.0. The lowest BCUT2D eigenvalue weighted by atomic mass is 9.91. The molecule has 0 aromatic heterocycles. The van der Waals surface area contributed by atoms with Crippen LogP contribution >= 0.6 is 0 Å². The molecule has 0 N–H and O–H groups in total. The maximum atomic E-state index is 12.7. The lowest BCUT2D eigenvalue weighted by Gasteiger charge is -2.43. The molecule has 4 heteroatoms. The molecule has 0 unspecified atom stereocenters. The van der Waals surface area contributed by atoms with Crippen molar-refractivity contribution < 1.29 is 4.79 Å². The molecule has 2 atom stereocenters. The summed E-state index contributed by atoms with van der Waals surface area (Å²) in [6, 6.07) is 10.7. The van der Waals surface area contributed by atoms with E-state index in [-0.39, 0.29) is 5.92 Å². The molecule has 23 heavy (non-hydrogen) atoms. The highest BCUT2D eigenvalue weighted by Gasteiger charge is 2.46. The van der Waals surface area contributed by atoms with E-state index in [0.717, 1.165) is 38.6 Å². The number of rotatable bonds is 3. The van der Waals surface area contributed by atoms with Crippen molar-refractivity contribution in [3.05, 3.63) is 35.4 Å². The van der Waals surface area contributed by atoms with Gasteiger partial charge in [-0.15, -0.1) is 0 Å². The number of piperazine rings is 1. The van der Waals surface area contributed by atoms with Crippen molar-refractivity contribution in [3.8, 4) is 6.07 Å². The van der Waals surface area contributed by atoms with Crippen LogP contribution in [0.1, 0.15) is 42.7 Å². The monoisotopic (exact) mass is 309 g/mol. The highest BCUT2D eigenvalue weighted by atomic mass is 16.2. The third-order valence-electron chi connectivity index (χ3n) is 5.79. The Hall–Kier alpha value is -1.86. The molecule has 1 saturated heterocycles. The average Bonchev–Trinajstić information content (AvgIpc) is 3.34. The van der Waals surface area contributed by atoms with Crippen LogP contribution in [0, 0.1) is 17.2 Å². The first-order valence-corrected chi connectivity index (χ1v) is 8.79. The van der Waals surface area contributed by atoms with Crippen molar-refractivity contribution in [3.63, 3.8) is 0 Å². The van der Waals surface area contributed by atoms with Gasteiger partial charge >= 0.3 is 0 Å². The van der Waals surface area contributed by atoms with Crippen molar-refractivity contribution in [1.29, 1.82) is 5.26 Å². The van der Waals surface area contributed by atoms with Gasteiger partial charge in [0.05, 0.1) is 11.6 Å². The zero-order valence-corrected chi connectivity index (χ0v) is 13.4. The Morgan fingerprint density at radius 2 is 1.78 bits per heavy atom. The second-order valence-electron chi connectivity index (χ2n) is 7.13. The summed E-state index contributed by atoms with van der Waals surface area (Å²) in [7, 11) is 0. The summed E-state index contributed by atoms with van der Waals surface area (Å²) < 4.78 is 0. The number of carbonyl (C=O) groups excluding carboxylic acids is 1. The second kappa shape index (κ2) is 5.98. The Bertz CT molecular complexity index is 621. The Morgan fingerprint density at radius 1 is 1.09 bits per heavy atom. The van der Waals surface area contributed by atoms with Gasteiger partial charge in [-0.25, -0.2) is 0 Å². The smallest absolute Gasteiger partial charge is 0.226 e. The van der Waals surface area contributed by atoms with Crippen LogP contribution in [0.25, 0.3) is 0 Å². The first-order valence-electron chi connectivity index (χ1n) is 8.79. The van der Waals surface area contributed by atoms with Gasteiger partial charge in [-0.1, -0.05) is 18.6 Å². The van der Waals surface area contributed by atoms with Gasteiger partial charge in [0.2, 0.25) is 5.91 Å². The van der Waals surface area contributed by atoms with Gasteiger partial charge in [0.25, 0.3) is 0 Å². The molecule has 1 aliphatic heterocycles. The summed E-state index contributed by atoms with van der Waals surface area (Å²) in [6.45, 7) is 3.88. The van der Waals surface area contributed by atoms with E-state index in [1.165, 1.54) is 24.8 Å². The predicted octanol–water partition coefficient (Wildman–Crippen LogP) is 2.36. The molecule has 3 fully saturated rings. The van der Waals surface area contributed by atoms with Crippen LogP contribution in [0.4, 0.5) is 0 Å². The zero-order valence-electron chi connectivity index (χ0n) is 13.4. The van der Waals surface area contributed by atoms with E-state index in [0.29, 0.717) is 17.4 Å². The van der Waals surface area contributed by atoms with E-state index in [9.17, 15) is 4.79 Å². The molecule has 1 aromatic carbocycles. The van der Waals surface area contributed by atoms with Crippen LogP contribution in [0.3, 0.4) is 0 Å². The molecule has 4 nitrogen and oxygen atoms in total. The Morgan fingerprint density at radius 3 is 2.35 bits per heavy atom. The molecule has 3 aliphatic rings. The number of nitrogens with zero attached hydrogens (tertiary/aromatic N) is 3. The summed E-state index contributed by atoms with van der Waals surface area (Å²) in [5.41, 5.74) is 1.89. The highest BCUT2D eigenvalue weighted by molar-refractivity contribution is 5.83. The van der Waals surface area contributed by atoms with Crippen molar-refractivity contribution in [2.75, 3.05) is 26.2 Å². The fraction of sp³-hybridized carbons (Fsp3) is 0.579. The van der Waals surface area contributed by atoms with Crippen molar-refractivity contribution in [2.24, 2.45) is 5.92 Å². The van der Waals surface area contributed by atoms with E-state index in [2.05, 4.69) is 15.9 Å². The average molecular weight is 309 g/mol. The Labute approximate surface area is 137 Å². The summed E-state index contributed by atoms with van der Waals surface area (Å²) >= 11 is 0. The Balaban J connectivity index is 1.31. The van der Waals surface area contributed by atoms with Gasteiger partial charge < -0.3 is 4.90 Å². The largest absolute Gasteiger partial charge is 0.340 e. The molecule has 4 rings (SSSR count). The van der Waals surface area contributed by atoms with Gasteiger partial charge in [-0.3, -0.25) is 9.69 Å². The molecule has 0 radical (unpaired) electrons. The van der Waals surface area contributed by atoms with Gasteiger partial charge in [-0.05, 0) is 42.9 Å². The lowest BCUT2D eigenvalue weighted by molar-refractivity contribution is -0.135. The summed E-state index contributed by atoms with van der Waals surface area (Å²) in [5.74, 6) is 0.866. The minimum Gasteiger partial charge on any atom is -0.340 e. The molecule has 1 aromatic rings. The van der Waals surface area contributed by atoms with Crippen LogP contribution in [-0.4, -0.2) is 47.9 Å². The number of hydrogen-bond donors (Lipinski definition) is 0. The minimum absolute atomic E-state index is 0.165. The van der Waals surface area contributed by atoms with Crippen LogP contribution < -0.4 is 0 Å². The molecule has 2 aliphatic carbocycles.